The third-order valence-corrected chi connectivity index (χ3v) is 3.55. The van der Waals surface area contributed by atoms with E-state index in [1.54, 1.807) is 0 Å². The molecule has 1 aliphatic heterocycles. The first-order valence-corrected chi connectivity index (χ1v) is 6.42. The molecule has 1 aromatic rings. The molecule has 1 unspecified atom stereocenters. The quantitative estimate of drug-likeness (QED) is 0.829. The van der Waals surface area contributed by atoms with E-state index in [0.717, 1.165) is 30.1 Å². The number of piperazine rings is 1. The number of hydrogen-bond donors (Lipinski definition) is 0. The van der Waals surface area contributed by atoms with E-state index in [2.05, 4.69) is 49.7 Å². The van der Waals surface area contributed by atoms with Crippen LogP contribution in [0, 0.1) is 0 Å². The van der Waals surface area contributed by atoms with Gasteiger partial charge in [0.1, 0.15) is 0 Å². The van der Waals surface area contributed by atoms with Gasteiger partial charge in [0.15, 0.2) is 0 Å². The van der Waals surface area contributed by atoms with E-state index in [4.69, 9.17) is 0 Å². The molecule has 0 radical (unpaired) electrons. The summed E-state index contributed by atoms with van der Waals surface area (Å²) >= 11 is 3.35. The van der Waals surface area contributed by atoms with Crippen LogP contribution in [0.1, 0.15) is 13.3 Å². The number of likely N-dealkylation sites (N-methyl/N-ethyl adjacent to an activating group) is 1. The van der Waals surface area contributed by atoms with Crippen LogP contribution >= 0.6 is 15.9 Å². The van der Waals surface area contributed by atoms with E-state index in [-0.39, 0.29) is 0 Å². The second-order valence-corrected chi connectivity index (χ2v) is 5.11. The molecule has 0 amide bonds. The fourth-order valence-electron chi connectivity index (χ4n) is 2.04. The zero-order valence-electron chi connectivity index (χ0n) is 9.73. The van der Waals surface area contributed by atoms with E-state index in [1.165, 1.54) is 6.42 Å². The molecular formula is C11H17BrN4. The van der Waals surface area contributed by atoms with E-state index in [9.17, 15) is 0 Å². The number of anilines is 1. The first-order chi connectivity index (χ1) is 7.70. The maximum Gasteiger partial charge on any atom is 0.225 e. The Morgan fingerprint density at radius 1 is 1.38 bits per heavy atom. The lowest BCUT2D eigenvalue weighted by Gasteiger charge is -2.39. The summed E-state index contributed by atoms with van der Waals surface area (Å²) in [6, 6.07) is 0.612. The highest BCUT2D eigenvalue weighted by Crippen LogP contribution is 2.16. The summed E-state index contributed by atoms with van der Waals surface area (Å²) < 4.78 is 0.928. The number of aromatic nitrogens is 2. The normalized spacial score (nSPS) is 22.4. The van der Waals surface area contributed by atoms with Crippen molar-refractivity contribution in [3.63, 3.8) is 0 Å². The van der Waals surface area contributed by atoms with Crippen LogP contribution in [0.4, 0.5) is 5.95 Å². The van der Waals surface area contributed by atoms with E-state index >= 15 is 0 Å². The summed E-state index contributed by atoms with van der Waals surface area (Å²) in [5, 5.41) is 0. The zero-order chi connectivity index (χ0) is 11.5. The molecule has 1 aliphatic rings. The fraction of sp³-hybridized carbons (Fsp3) is 0.636. The number of rotatable bonds is 2. The Balaban J connectivity index is 2.08. The summed E-state index contributed by atoms with van der Waals surface area (Å²) in [5.41, 5.74) is 0. The summed E-state index contributed by atoms with van der Waals surface area (Å²) in [6.07, 6.45) is 4.78. The molecule has 0 aliphatic carbocycles. The smallest absolute Gasteiger partial charge is 0.225 e. The monoisotopic (exact) mass is 284 g/mol. The Bertz CT molecular complexity index is 340. The van der Waals surface area contributed by atoms with Crippen molar-refractivity contribution < 1.29 is 0 Å². The highest BCUT2D eigenvalue weighted by atomic mass is 79.9. The summed E-state index contributed by atoms with van der Waals surface area (Å²) in [7, 11) is 2.19. The minimum absolute atomic E-state index is 0.612. The van der Waals surface area contributed by atoms with Gasteiger partial charge in [-0.25, -0.2) is 9.97 Å². The Labute approximate surface area is 105 Å². The molecule has 0 spiro atoms. The maximum absolute atomic E-state index is 4.35. The van der Waals surface area contributed by atoms with Gasteiger partial charge in [-0.15, -0.1) is 0 Å². The third kappa shape index (κ3) is 2.52. The molecule has 0 saturated carbocycles. The molecule has 1 atom stereocenters. The molecular weight excluding hydrogens is 268 g/mol. The van der Waals surface area contributed by atoms with Gasteiger partial charge in [0, 0.05) is 38.1 Å². The second-order valence-electron chi connectivity index (χ2n) is 4.19. The van der Waals surface area contributed by atoms with Crippen LogP contribution in [-0.2, 0) is 0 Å². The van der Waals surface area contributed by atoms with Crippen LogP contribution in [0.5, 0.6) is 0 Å². The molecule has 1 saturated heterocycles. The first kappa shape index (κ1) is 11.8. The molecule has 0 aromatic carbocycles. The van der Waals surface area contributed by atoms with Crippen molar-refractivity contribution in [1.29, 1.82) is 0 Å². The molecule has 0 N–H and O–H groups in total. The molecule has 5 heteroatoms. The largest absolute Gasteiger partial charge is 0.338 e. The Hall–Kier alpha value is -0.680. The Kier molecular flexibility index (Phi) is 3.76. The summed E-state index contributed by atoms with van der Waals surface area (Å²) in [5.74, 6) is 0.842. The molecule has 88 valence electrons. The van der Waals surface area contributed by atoms with Crippen molar-refractivity contribution in [2.75, 3.05) is 31.6 Å². The highest BCUT2D eigenvalue weighted by molar-refractivity contribution is 9.10. The summed E-state index contributed by atoms with van der Waals surface area (Å²) in [6.45, 7) is 5.34. The second kappa shape index (κ2) is 5.10. The van der Waals surface area contributed by atoms with Crippen molar-refractivity contribution in [3.8, 4) is 0 Å². The van der Waals surface area contributed by atoms with Crippen molar-refractivity contribution in [3.05, 3.63) is 16.9 Å². The van der Waals surface area contributed by atoms with Gasteiger partial charge in [0.25, 0.3) is 0 Å². The molecule has 1 aromatic heterocycles. The van der Waals surface area contributed by atoms with Crippen LogP contribution in [0.3, 0.4) is 0 Å². The van der Waals surface area contributed by atoms with Crippen LogP contribution < -0.4 is 4.90 Å². The maximum atomic E-state index is 4.35. The van der Waals surface area contributed by atoms with Gasteiger partial charge in [-0.3, -0.25) is 4.90 Å². The average molecular weight is 285 g/mol. The van der Waals surface area contributed by atoms with Gasteiger partial charge >= 0.3 is 0 Å². The Morgan fingerprint density at radius 3 is 2.69 bits per heavy atom. The zero-order valence-corrected chi connectivity index (χ0v) is 11.3. The molecule has 4 nitrogen and oxygen atoms in total. The van der Waals surface area contributed by atoms with Crippen LogP contribution in [-0.4, -0.2) is 47.6 Å². The van der Waals surface area contributed by atoms with Gasteiger partial charge in [-0.2, -0.15) is 0 Å². The van der Waals surface area contributed by atoms with Crippen LogP contribution in [0.2, 0.25) is 0 Å². The topological polar surface area (TPSA) is 32.3 Å². The number of nitrogens with zero attached hydrogens (tertiary/aromatic N) is 4. The van der Waals surface area contributed by atoms with Gasteiger partial charge in [-0.05, 0) is 29.4 Å². The lowest BCUT2D eigenvalue weighted by Crippen LogP contribution is -2.51. The van der Waals surface area contributed by atoms with Crippen molar-refractivity contribution in [2.24, 2.45) is 0 Å². The van der Waals surface area contributed by atoms with Gasteiger partial charge in [0.05, 0.1) is 4.47 Å². The molecule has 1 fully saturated rings. The van der Waals surface area contributed by atoms with E-state index in [0.29, 0.717) is 6.04 Å². The third-order valence-electron chi connectivity index (χ3n) is 3.14. The highest BCUT2D eigenvalue weighted by Gasteiger charge is 2.24. The lowest BCUT2D eigenvalue weighted by molar-refractivity contribution is 0.212. The average Bonchev–Trinajstić information content (AvgIpc) is 2.31. The van der Waals surface area contributed by atoms with Crippen molar-refractivity contribution in [1.82, 2.24) is 14.9 Å². The molecule has 0 bridgehead atoms. The van der Waals surface area contributed by atoms with Crippen molar-refractivity contribution in [2.45, 2.75) is 19.4 Å². The lowest BCUT2D eigenvalue weighted by atomic mass is 10.1. The predicted octanol–water partition coefficient (Wildman–Crippen LogP) is 1.77. The summed E-state index contributed by atoms with van der Waals surface area (Å²) in [4.78, 5) is 13.4. The minimum Gasteiger partial charge on any atom is -0.338 e. The van der Waals surface area contributed by atoms with Gasteiger partial charge in [0.2, 0.25) is 5.95 Å². The minimum atomic E-state index is 0.612. The number of halogens is 1. The van der Waals surface area contributed by atoms with Crippen LogP contribution in [0.15, 0.2) is 16.9 Å². The molecule has 2 heterocycles. The van der Waals surface area contributed by atoms with Gasteiger partial charge in [-0.1, -0.05) is 6.92 Å². The van der Waals surface area contributed by atoms with Crippen molar-refractivity contribution >= 4 is 21.9 Å². The number of hydrogen-bond acceptors (Lipinski definition) is 4. The fourth-order valence-corrected chi connectivity index (χ4v) is 2.24. The Morgan fingerprint density at radius 2 is 2.06 bits per heavy atom. The van der Waals surface area contributed by atoms with E-state index in [1.807, 2.05) is 12.4 Å². The standard InChI is InChI=1S/C11H17BrN4/c1-3-10-8-16(5-4-15(10)2)11-13-6-9(12)7-14-11/h6-7,10H,3-5,8H2,1-2H3. The predicted molar refractivity (Wildman–Crippen MR) is 68.7 cm³/mol. The molecule has 2 rings (SSSR count). The van der Waals surface area contributed by atoms with Gasteiger partial charge < -0.3 is 4.90 Å². The van der Waals surface area contributed by atoms with E-state index < -0.39 is 0 Å². The first-order valence-electron chi connectivity index (χ1n) is 5.63. The molecule has 16 heavy (non-hydrogen) atoms. The SMILES string of the molecule is CCC1CN(c2ncc(Br)cn2)CCN1C. The van der Waals surface area contributed by atoms with Crippen LogP contribution in [0.25, 0.3) is 0 Å².